The minimum absolute atomic E-state index is 0.00423. The minimum atomic E-state index is -0.512. The van der Waals surface area contributed by atoms with E-state index in [1.165, 1.54) is 25.7 Å². The van der Waals surface area contributed by atoms with Crippen LogP contribution in [0.1, 0.15) is 38.5 Å². The van der Waals surface area contributed by atoms with Gasteiger partial charge in [0.15, 0.2) is 0 Å². The number of nitrogens with one attached hydrogen (secondary N) is 2. The van der Waals surface area contributed by atoms with E-state index in [9.17, 15) is 14.4 Å². The maximum atomic E-state index is 12.8. The largest absolute Gasteiger partial charge is 0.385 e. The molecule has 0 aromatic carbocycles. The molecule has 2 saturated heterocycles. The van der Waals surface area contributed by atoms with Crippen molar-refractivity contribution in [2.75, 3.05) is 6.54 Å². The molecule has 0 aromatic heterocycles. The maximum absolute atomic E-state index is 12.8. The van der Waals surface area contributed by atoms with Gasteiger partial charge in [-0.05, 0) is 25.3 Å². The number of likely N-dealkylation sites (tertiary alicyclic amines) is 1. The van der Waals surface area contributed by atoms with Crippen LogP contribution in [-0.4, -0.2) is 41.2 Å². The zero-order valence-corrected chi connectivity index (χ0v) is 13.7. The summed E-state index contributed by atoms with van der Waals surface area (Å²) in [5.74, 6) is -0.678. The quantitative estimate of drug-likeness (QED) is 0.753. The van der Waals surface area contributed by atoms with E-state index >= 15 is 0 Å². The van der Waals surface area contributed by atoms with E-state index in [-0.39, 0.29) is 29.6 Å². The smallest absolute Gasteiger partial charge is 0.249 e. The average Bonchev–Trinajstić information content (AvgIpc) is 3.17. The van der Waals surface area contributed by atoms with Crippen LogP contribution in [0.25, 0.3) is 0 Å². The summed E-state index contributed by atoms with van der Waals surface area (Å²) in [6, 6.07) is -0.00918. The lowest BCUT2D eigenvalue weighted by Gasteiger charge is -2.30. The van der Waals surface area contributed by atoms with Crippen molar-refractivity contribution in [3.8, 4) is 0 Å². The molecule has 0 bridgehead atoms. The molecule has 128 valence electrons. The fraction of sp³-hybridized carbons (Fsp3) is 0.611. The third-order valence-corrected chi connectivity index (χ3v) is 5.70. The predicted molar refractivity (Wildman–Crippen MR) is 87.5 cm³/mol. The van der Waals surface area contributed by atoms with Gasteiger partial charge in [0.25, 0.3) is 0 Å². The first kappa shape index (κ1) is 15.4. The molecule has 3 atom stereocenters. The van der Waals surface area contributed by atoms with Crippen LogP contribution in [0.5, 0.6) is 0 Å². The molecule has 24 heavy (non-hydrogen) atoms. The van der Waals surface area contributed by atoms with Crippen LogP contribution in [0.15, 0.2) is 23.9 Å². The second-order valence-corrected chi connectivity index (χ2v) is 7.22. The van der Waals surface area contributed by atoms with Gasteiger partial charge in [0.1, 0.15) is 6.04 Å². The molecular formula is C18H23N3O3. The SMILES string of the molecule is O=C1CCC(N2CC3C(NC4CCCC4)=CC=CC3C2=O)C(=O)N1. The van der Waals surface area contributed by atoms with Gasteiger partial charge < -0.3 is 10.2 Å². The number of rotatable bonds is 3. The number of carbonyl (C=O) groups is 3. The molecule has 2 heterocycles. The summed E-state index contributed by atoms with van der Waals surface area (Å²) < 4.78 is 0. The van der Waals surface area contributed by atoms with Gasteiger partial charge in [-0.1, -0.05) is 25.0 Å². The zero-order chi connectivity index (χ0) is 16.7. The molecule has 2 N–H and O–H groups in total. The second-order valence-electron chi connectivity index (χ2n) is 7.22. The Morgan fingerprint density at radius 2 is 1.92 bits per heavy atom. The van der Waals surface area contributed by atoms with Crippen LogP contribution in [0, 0.1) is 11.8 Å². The highest BCUT2D eigenvalue weighted by Gasteiger charge is 2.47. The van der Waals surface area contributed by atoms with Crippen molar-refractivity contribution < 1.29 is 14.4 Å². The summed E-state index contributed by atoms with van der Waals surface area (Å²) in [7, 11) is 0. The number of amides is 3. The van der Waals surface area contributed by atoms with Gasteiger partial charge in [-0.3, -0.25) is 19.7 Å². The zero-order valence-electron chi connectivity index (χ0n) is 13.7. The highest BCUT2D eigenvalue weighted by Crippen LogP contribution is 2.36. The van der Waals surface area contributed by atoms with Crippen LogP contribution in [0.3, 0.4) is 0 Å². The van der Waals surface area contributed by atoms with Crippen LogP contribution >= 0.6 is 0 Å². The average molecular weight is 329 g/mol. The van der Waals surface area contributed by atoms with Crippen molar-refractivity contribution in [1.29, 1.82) is 0 Å². The van der Waals surface area contributed by atoms with E-state index in [1.54, 1.807) is 4.90 Å². The Kier molecular flexibility index (Phi) is 3.90. The Labute approximate surface area is 141 Å². The summed E-state index contributed by atoms with van der Waals surface area (Å²) in [5.41, 5.74) is 1.12. The molecule has 0 aromatic rings. The Morgan fingerprint density at radius 1 is 1.12 bits per heavy atom. The predicted octanol–water partition coefficient (Wildman–Crippen LogP) is 0.852. The first-order valence-corrected chi connectivity index (χ1v) is 8.92. The molecule has 2 aliphatic heterocycles. The number of fused-ring (bicyclic) bond motifs is 1. The number of imide groups is 1. The van der Waals surface area contributed by atoms with Gasteiger partial charge >= 0.3 is 0 Å². The normalized spacial score (nSPS) is 33.5. The number of nitrogens with zero attached hydrogens (tertiary/aromatic N) is 1. The van der Waals surface area contributed by atoms with E-state index in [1.807, 2.05) is 12.2 Å². The van der Waals surface area contributed by atoms with E-state index in [0.717, 1.165) is 5.70 Å². The Morgan fingerprint density at radius 3 is 2.67 bits per heavy atom. The van der Waals surface area contributed by atoms with Crippen molar-refractivity contribution in [1.82, 2.24) is 15.5 Å². The van der Waals surface area contributed by atoms with Crippen molar-refractivity contribution in [3.05, 3.63) is 23.9 Å². The number of hydrogen-bond donors (Lipinski definition) is 2. The van der Waals surface area contributed by atoms with Gasteiger partial charge in [0.05, 0.1) is 5.92 Å². The lowest BCUT2D eigenvalue weighted by atomic mass is 9.88. The highest BCUT2D eigenvalue weighted by molar-refractivity contribution is 6.02. The molecule has 4 rings (SSSR count). The van der Waals surface area contributed by atoms with Gasteiger partial charge in [0.2, 0.25) is 17.7 Å². The van der Waals surface area contributed by atoms with Crippen LogP contribution in [-0.2, 0) is 14.4 Å². The molecule has 2 aliphatic carbocycles. The highest BCUT2D eigenvalue weighted by atomic mass is 16.2. The van der Waals surface area contributed by atoms with Crippen molar-refractivity contribution >= 4 is 17.7 Å². The lowest BCUT2D eigenvalue weighted by molar-refractivity contribution is -0.144. The van der Waals surface area contributed by atoms with Crippen molar-refractivity contribution in [2.45, 2.75) is 50.6 Å². The summed E-state index contributed by atoms with van der Waals surface area (Å²) >= 11 is 0. The molecule has 1 saturated carbocycles. The first-order valence-electron chi connectivity index (χ1n) is 8.92. The number of allylic oxidation sites excluding steroid dienone is 2. The summed E-state index contributed by atoms with van der Waals surface area (Å²) in [6.45, 7) is 0.547. The number of hydrogen-bond acceptors (Lipinski definition) is 4. The van der Waals surface area contributed by atoms with Crippen LogP contribution in [0.4, 0.5) is 0 Å². The van der Waals surface area contributed by atoms with E-state index in [0.29, 0.717) is 25.4 Å². The van der Waals surface area contributed by atoms with Gasteiger partial charge in [-0.2, -0.15) is 0 Å². The fourth-order valence-corrected chi connectivity index (χ4v) is 4.41. The fourth-order valence-electron chi connectivity index (χ4n) is 4.41. The topological polar surface area (TPSA) is 78.5 Å². The Bertz CT molecular complexity index is 633. The molecule has 0 radical (unpaired) electrons. The maximum Gasteiger partial charge on any atom is 0.249 e. The van der Waals surface area contributed by atoms with Gasteiger partial charge in [-0.25, -0.2) is 0 Å². The summed E-state index contributed by atoms with van der Waals surface area (Å²) in [6.07, 6.45) is 11.6. The van der Waals surface area contributed by atoms with Crippen molar-refractivity contribution in [2.24, 2.45) is 11.8 Å². The van der Waals surface area contributed by atoms with Crippen LogP contribution < -0.4 is 10.6 Å². The molecule has 6 heteroatoms. The van der Waals surface area contributed by atoms with Crippen LogP contribution in [0.2, 0.25) is 0 Å². The molecule has 6 nitrogen and oxygen atoms in total. The first-order chi connectivity index (χ1) is 11.6. The monoisotopic (exact) mass is 329 g/mol. The number of piperidine rings is 1. The molecule has 3 unspecified atom stereocenters. The second kappa shape index (κ2) is 6.07. The Balaban J connectivity index is 1.50. The lowest BCUT2D eigenvalue weighted by Crippen LogP contribution is -2.53. The third kappa shape index (κ3) is 2.64. The molecule has 0 spiro atoms. The van der Waals surface area contributed by atoms with E-state index in [2.05, 4.69) is 16.7 Å². The molecule has 3 fully saturated rings. The summed E-state index contributed by atoms with van der Waals surface area (Å²) in [5, 5.41) is 5.99. The molecular weight excluding hydrogens is 306 g/mol. The number of carbonyl (C=O) groups excluding carboxylic acids is 3. The minimum Gasteiger partial charge on any atom is -0.385 e. The van der Waals surface area contributed by atoms with Crippen molar-refractivity contribution in [3.63, 3.8) is 0 Å². The Hall–Kier alpha value is -2.11. The third-order valence-electron chi connectivity index (χ3n) is 5.70. The van der Waals surface area contributed by atoms with Gasteiger partial charge in [-0.15, -0.1) is 0 Å². The molecule has 4 aliphatic rings. The molecule has 3 amide bonds. The van der Waals surface area contributed by atoms with E-state index in [4.69, 9.17) is 0 Å². The standard InChI is InChI=1S/C18H23N3O3/c22-16-9-8-15(17(23)20-16)21-10-13-12(18(21)24)6-3-7-14(13)19-11-4-1-2-5-11/h3,6-7,11-13,15,19H,1-2,4-5,8-10H2,(H,20,22,23). The van der Waals surface area contributed by atoms with E-state index < -0.39 is 6.04 Å². The van der Waals surface area contributed by atoms with Gasteiger partial charge in [0, 0.05) is 30.6 Å². The summed E-state index contributed by atoms with van der Waals surface area (Å²) in [4.78, 5) is 38.0.